The number of fused-ring (bicyclic) bond motifs is 3. The van der Waals surface area contributed by atoms with Gasteiger partial charge in [0, 0.05) is 43.0 Å². The van der Waals surface area contributed by atoms with Crippen molar-refractivity contribution in [3.63, 3.8) is 0 Å². The van der Waals surface area contributed by atoms with Crippen LogP contribution in [0, 0.1) is 0 Å². The Labute approximate surface area is 145 Å². The Hall–Kier alpha value is -2.67. The Balaban J connectivity index is 1.56. The summed E-state index contributed by atoms with van der Waals surface area (Å²) in [7, 11) is 1.62. The molecule has 0 aliphatic carbocycles. The van der Waals surface area contributed by atoms with E-state index in [0.717, 1.165) is 35.7 Å². The zero-order chi connectivity index (χ0) is 16.8. The summed E-state index contributed by atoms with van der Waals surface area (Å²) < 4.78 is 7.09. The Bertz CT molecular complexity index is 911. The first kappa shape index (κ1) is 14.7. The molecule has 2 aliphatic rings. The molecular formula is C18H20N6O. The van der Waals surface area contributed by atoms with Crippen LogP contribution in [0.1, 0.15) is 12.8 Å². The van der Waals surface area contributed by atoms with Gasteiger partial charge in [-0.1, -0.05) is 0 Å². The molecule has 25 heavy (non-hydrogen) atoms. The van der Waals surface area contributed by atoms with Gasteiger partial charge in [0.1, 0.15) is 0 Å². The third kappa shape index (κ3) is 2.51. The number of aromatic nitrogens is 4. The molecule has 1 N–H and O–H groups in total. The molecule has 0 saturated carbocycles. The normalized spacial score (nSPS) is 22.5. The van der Waals surface area contributed by atoms with Crippen molar-refractivity contribution in [3.05, 3.63) is 36.8 Å². The minimum atomic E-state index is 0.585. The van der Waals surface area contributed by atoms with E-state index in [9.17, 15) is 0 Å². The summed E-state index contributed by atoms with van der Waals surface area (Å²) in [6, 6.07) is 7.09. The predicted octanol–water partition coefficient (Wildman–Crippen LogP) is 1.74. The highest BCUT2D eigenvalue weighted by molar-refractivity contribution is 5.73. The molecule has 0 aromatic carbocycles. The second-order valence-corrected chi connectivity index (χ2v) is 6.74. The largest absolute Gasteiger partial charge is 0.481 e. The zero-order valence-electron chi connectivity index (χ0n) is 14.1. The number of hydrogen-bond donors (Lipinski definition) is 1. The van der Waals surface area contributed by atoms with Crippen LogP contribution in [-0.2, 0) is 0 Å². The lowest BCUT2D eigenvalue weighted by Gasteiger charge is -2.34. The maximum atomic E-state index is 5.22. The maximum absolute atomic E-state index is 5.22. The molecule has 2 atom stereocenters. The van der Waals surface area contributed by atoms with Crippen LogP contribution >= 0.6 is 0 Å². The number of pyridine rings is 1. The minimum absolute atomic E-state index is 0.585. The van der Waals surface area contributed by atoms with Crippen molar-refractivity contribution in [3.8, 4) is 17.1 Å². The molecule has 7 nitrogen and oxygen atoms in total. The number of rotatable bonds is 3. The highest BCUT2D eigenvalue weighted by Gasteiger charge is 2.33. The summed E-state index contributed by atoms with van der Waals surface area (Å²) in [4.78, 5) is 11.5. The summed E-state index contributed by atoms with van der Waals surface area (Å²) >= 11 is 0. The average molecular weight is 336 g/mol. The summed E-state index contributed by atoms with van der Waals surface area (Å²) in [5, 5.41) is 8.12. The van der Waals surface area contributed by atoms with Gasteiger partial charge in [-0.15, -0.1) is 0 Å². The van der Waals surface area contributed by atoms with Crippen molar-refractivity contribution in [2.75, 3.05) is 25.1 Å². The number of methoxy groups -OCH3 is 1. The van der Waals surface area contributed by atoms with Crippen molar-refractivity contribution in [1.29, 1.82) is 0 Å². The highest BCUT2D eigenvalue weighted by atomic mass is 16.5. The zero-order valence-corrected chi connectivity index (χ0v) is 14.1. The van der Waals surface area contributed by atoms with E-state index < -0.39 is 0 Å². The second kappa shape index (κ2) is 5.70. The summed E-state index contributed by atoms with van der Waals surface area (Å²) in [6.45, 7) is 2.06. The monoisotopic (exact) mass is 336 g/mol. The van der Waals surface area contributed by atoms with Crippen LogP contribution in [0.2, 0.25) is 0 Å². The molecule has 128 valence electrons. The summed E-state index contributed by atoms with van der Waals surface area (Å²) in [5.74, 6) is 0.585. The maximum Gasteiger partial charge on any atom is 0.213 e. The molecule has 5 heterocycles. The number of anilines is 1. The van der Waals surface area contributed by atoms with Crippen LogP contribution in [0.4, 0.5) is 5.69 Å². The van der Waals surface area contributed by atoms with Gasteiger partial charge >= 0.3 is 0 Å². The molecule has 3 aromatic heterocycles. The lowest BCUT2D eigenvalue weighted by Crippen LogP contribution is -2.51. The molecule has 2 aliphatic heterocycles. The lowest BCUT2D eigenvalue weighted by molar-refractivity contribution is 0.398. The van der Waals surface area contributed by atoms with E-state index in [1.54, 1.807) is 13.3 Å². The number of piperazine rings is 1. The molecule has 2 unspecified atom stereocenters. The van der Waals surface area contributed by atoms with Crippen LogP contribution < -0.4 is 15.0 Å². The molecule has 5 rings (SSSR count). The van der Waals surface area contributed by atoms with Crippen molar-refractivity contribution >= 4 is 11.3 Å². The highest BCUT2D eigenvalue weighted by Crippen LogP contribution is 2.29. The van der Waals surface area contributed by atoms with E-state index in [-0.39, 0.29) is 0 Å². The van der Waals surface area contributed by atoms with Gasteiger partial charge in [0.2, 0.25) is 5.88 Å². The van der Waals surface area contributed by atoms with E-state index in [2.05, 4.69) is 26.4 Å². The number of ether oxygens (including phenoxy) is 1. The fourth-order valence-electron chi connectivity index (χ4n) is 3.94. The number of nitrogens with one attached hydrogen (secondary N) is 1. The Morgan fingerprint density at radius 1 is 1.16 bits per heavy atom. The van der Waals surface area contributed by atoms with Gasteiger partial charge in [-0.3, -0.25) is 0 Å². The summed E-state index contributed by atoms with van der Waals surface area (Å²) in [6.07, 6.45) is 8.08. The number of hydrogen-bond acceptors (Lipinski definition) is 6. The molecule has 7 heteroatoms. The number of imidazole rings is 1. The van der Waals surface area contributed by atoms with Crippen LogP contribution in [0.25, 0.3) is 16.9 Å². The third-order valence-electron chi connectivity index (χ3n) is 5.14. The Kier molecular flexibility index (Phi) is 3.34. The van der Waals surface area contributed by atoms with E-state index in [4.69, 9.17) is 9.72 Å². The predicted molar refractivity (Wildman–Crippen MR) is 94.9 cm³/mol. The fourth-order valence-corrected chi connectivity index (χ4v) is 3.94. The van der Waals surface area contributed by atoms with Gasteiger partial charge in [0.05, 0.1) is 30.9 Å². The van der Waals surface area contributed by atoms with Gasteiger partial charge in [0.15, 0.2) is 5.65 Å². The van der Waals surface area contributed by atoms with Crippen molar-refractivity contribution in [2.24, 2.45) is 0 Å². The molecular weight excluding hydrogens is 316 g/mol. The number of nitrogens with zero attached hydrogens (tertiary/aromatic N) is 5. The first-order valence-corrected chi connectivity index (χ1v) is 8.66. The SMILES string of the molecule is COc1cc(-c2cn3nccc(N4CC5CCC(C4)N5)c3n2)ccn1. The van der Waals surface area contributed by atoms with Crippen molar-refractivity contribution in [2.45, 2.75) is 24.9 Å². The lowest BCUT2D eigenvalue weighted by atomic mass is 10.2. The average Bonchev–Trinajstić information content (AvgIpc) is 3.24. The summed E-state index contributed by atoms with van der Waals surface area (Å²) in [5.41, 5.74) is 3.90. The molecule has 3 aromatic rings. The standard InChI is InChI=1S/C18H20N6O/c1-25-17-8-12(4-6-19-17)15-11-24-18(22-15)16(5-7-20-24)23-9-13-2-3-14(10-23)21-13/h4-8,11,13-14,21H,2-3,9-10H2,1H3. The molecule has 0 spiro atoms. The van der Waals surface area contributed by atoms with Crippen molar-refractivity contribution in [1.82, 2.24) is 24.9 Å². The molecule has 2 bridgehead atoms. The van der Waals surface area contributed by atoms with Crippen LogP contribution in [0.15, 0.2) is 36.8 Å². The minimum Gasteiger partial charge on any atom is -0.481 e. The van der Waals surface area contributed by atoms with E-state index in [1.807, 2.05) is 29.0 Å². The molecule has 2 saturated heterocycles. The molecule has 0 amide bonds. The van der Waals surface area contributed by atoms with E-state index in [0.29, 0.717) is 18.0 Å². The first-order chi connectivity index (χ1) is 12.3. The smallest absolute Gasteiger partial charge is 0.213 e. The van der Waals surface area contributed by atoms with Gasteiger partial charge in [-0.05, 0) is 25.0 Å². The van der Waals surface area contributed by atoms with E-state index in [1.165, 1.54) is 12.8 Å². The quantitative estimate of drug-likeness (QED) is 0.786. The third-order valence-corrected chi connectivity index (χ3v) is 5.14. The fraction of sp³-hybridized carbons (Fsp3) is 0.389. The van der Waals surface area contributed by atoms with Crippen LogP contribution in [0.3, 0.4) is 0 Å². The Morgan fingerprint density at radius 2 is 2.00 bits per heavy atom. The van der Waals surface area contributed by atoms with Crippen LogP contribution in [-0.4, -0.2) is 51.9 Å². The van der Waals surface area contributed by atoms with Crippen LogP contribution in [0.5, 0.6) is 5.88 Å². The van der Waals surface area contributed by atoms with Gasteiger partial charge in [-0.25, -0.2) is 14.5 Å². The molecule has 2 fully saturated rings. The van der Waals surface area contributed by atoms with Gasteiger partial charge in [0.25, 0.3) is 0 Å². The second-order valence-electron chi connectivity index (χ2n) is 6.74. The van der Waals surface area contributed by atoms with Gasteiger partial charge < -0.3 is 15.0 Å². The topological polar surface area (TPSA) is 67.6 Å². The van der Waals surface area contributed by atoms with Gasteiger partial charge in [-0.2, -0.15) is 5.10 Å². The van der Waals surface area contributed by atoms with E-state index >= 15 is 0 Å². The van der Waals surface area contributed by atoms with Crippen molar-refractivity contribution < 1.29 is 4.74 Å². The molecule has 0 radical (unpaired) electrons. The Morgan fingerprint density at radius 3 is 2.80 bits per heavy atom. The first-order valence-electron chi connectivity index (χ1n) is 8.66.